The quantitative estimate of drug-likeness (QED) is 0.605. The second kappa shape index (κ2) is 6.76. The highest BCUT2D eigenvalue weighted by molar-refractivity contribution is 5.87. The summed E-state index contributed by atoms with van der Waals surface area (Å²) in [7, 11) is 2.79. The molecule has 0 amide bonds. The van der Waals surface area contributed by atoms with Crippen molar-refractivity contribution in [3.8, 4) is 5.75 Å². The van der Waals surface area contributed by atoms with Crippen LogP contribution < -0.4 is 4.74 Å². The lowest BCUT2D eigenvalue weighted by Crippen LogP contribution is -2.40. The van der Waals surface area contributed by atoms with Crippen molar-refractivity contribution < 1.29 is 23.8 Å². The summed E-state index contributed by atoms with van der Waals surface area (Å²) in [6, 6.07) is 15.4. The van der Waals surface area contributed by atoms with Crippen LogP contribution in [-0.4, -0.2) is 26.7 Å². The Morgan fingerprint density at radius 1 is 0.955 bits per heavy atom. The van der Waals surface area contributed by atoms with Gasteiger partial charge in [0.2, 0.25) is 0 Å². The second-order valence-corrected chi connectivity index (χ2v) is 4.48. The van der Waals surface area contributed by atoms with Crippen molar-refractivity contribution in [3.05, 3.63) is 65.7 Å². The maximum absolute atomic E-state index is 12.4. The molecule has 0 aliphatic heterocycles. The molecule has 0 saturated heterocycles. The number of carbonyl (C=O) groups excluding carboxylic acids is 2. The van der Waals surface area contributed by atoms with Crippen LogP contribution in [0, 0.1) is 0 Å². The van der Waals surface area contributed by atoms with Gasteiger partial charge in [-0.25, -0.2) is 4.79 Å². The smallest absolute Gasteiger partial charge is 0.359 e. The van der Waals surface area contributed by atoms with E-state index in [1.807, 2.05) is 0 Å². The molecule has 2 aromatic carbocycles. The van der Waals surface area contributed by atoms with Gasteiger partial charge >= 0.3 is 5.97 Å². The molecule has 1 atom stereocenters. The first kappa shape index (κ1) is 15.6. The van der Waals surface area contributed by atoms with Gasteiger partial charge in [0.25, 0.3) is 12.1 Å². The van der Waals surface area contributed by atoms with Gasteiger partial charge in [-0.2, -0.15) is 0 Å². The molecule has 0 heterocycles. The molecule has 0 N–H and O–H groups in total. The third-order valence-corrected chi connectivity index (χ3v) is 3.37. The lowest BCUT2D eigenvalue weighted by Gasteiger charge is -2.30. The van der Waals surface area contributed by atoms with Crippen LogP contribution in [0.3, 0.4) is 0 Å². The summed E-state index contributed by atoms with van der Waals surface area (Å²) in [6.45, 7) is 0.244. The zero-order chi connectivity index (χ0) is 16.0. The van der Waals surface area contributed by atoms with E-state index in [-0.39, 0.29) is 6.47 Å². The molecule has 0 spiro atoms. The molecule has 0 fully saturated rings. The Hall–Kier alpha value is -2.82. The number of methoxy groups -OCH3 is 2. The Kier molecular flexibility index (Phi) is 4.78. The van der Waals surface area contributed by atoms with Crippen molar-refractivity contribution >= 4 is 12.4 Å². The molecular weight excluding hydrogens is 284 g/mol. The van der Waals surface area contributed by atoms with Gasteiger partial charge in [-0.05, 0) is 12.1 Å². The van der Waals surface area contributed by atoms with E-state index in [0.29, 0.717) is 16.9 Å². The summed E-state index contributed by atoms with van der Waals surface area (Å²) in [4.78, 5) is 23.5. The van der Waals surface area contributed by atoms with Gasteiger partial charge in [-0.3, -0.25) is 4.79 Å². The third-order valence-electron chi connectivity index (χ3n) is 3.37. The Morgan fingerprint density at radius 3 is 2.05 bits per heavy atom. The largest absolute Gasteiger partial charge is 0.497 e. The molecule has 0 aliphatic carbocycles. The Morgan fingerprint density at radius 2 is 1.55 bits per heavy atom. The first-order valence-corrected chi connectivity index (χ1v) is 6.59. The molecule has 2 rings (SSSR count). The maximum atomic E-state index is 12.4. The SMILES string of the molecule is COC(=O)C(OC=O)(c1ccccc1)c1ccc(OC)cc1. The summed E-state index contributed by atoms with van der Waals surface area (Å²) in [5.74, 6) is -0.0577. The lowest BCUT2D eigenvalue weighted by molar-refractivity contribution is -0.169. The average Bonchev–Trinajstić information content (AvgIpc) is 2.60. The summed E-state index contributed by atoms with van der Waals surface area (Å²) in [5.41, 5.74) is -0.679. The number of carbonyl (C=O) groups is 2. The Labute approximate surface area is 128 Å². The van der Waals surface area contributed by atoms with Crippen LogP contribution in [0.25, 0.3) is 0 Å². The lowest BCUT2D eigenvalue weighted by atomic mass is 9.86. The van der Waals surface area contributed by atoms with Crippen LogP contribution in [0.5, 0.6) is 5.75 Å². The number of ether oxygens (including phenoxy) is 3. The minimum Gasteiger partial charge on any atom is -0.497 e. The molecule has 0 aliphatic rings. The molecule has 5 heteroatoms. The fourth-order valence-corrected chi connectivity index (χ4v) is 2.30. The van der Waals surface area contributed by atoms with Gasteiger partial charge in [-0.1, -0.05) is 42.5 Å². The van der Waals surface area contributed by atoms with E-state index in [1.165, 1.54) is 7.11 Å². The first-order chi connectivity index (χ1) is 10.7. The maximum Gasteiger partial charge on any atom is 0.359 e. The van der Waals surface area contributed by atoms with Crippen LogP contribution >= 0.6 is 0 Å². The first-order valence-electron chi connectivity index (χ1n) is 6.59. The number of hydrogen-bond acceptors (Lipinski definition) is 5. The average molecular weight is 300 g/mol. The van der Waals surface area contributed by atoms with Crippen LogP contribution in [0.4, 0.5) is 0 Å². The van der Waals surface area contributed by atoms with Gasteiger partial charge in [-0.15, -0.1) is 0 Å². The molecule has 22 heavy (non-hydrogen) atoms. The number of rotatable bonds is 6. The van der Waals surface area contributed by atoms with E-state index >= 15 is 0 Å². The van der Waals surface area contributed by atoms with Crippen molar-refractivity contribution in [1.29, 1.82) is 0 Å². The third kappa shape index (κ3) is 2.65. The summed E-state index contributed by atoms with van der Waals surface area (Å²) >= 11 is 0. The van der Waals surface area contributed by atoms with E-state index < -0.39 is 11.6 Å². The monoisotopic (exact) mass is 300 g/mol. The molecule has 0 aromatic heterocycles. The van der Waals surface area contributed by atoms with Crippen molar-refractivity contribution in [2.75, 3.05) is 14.2 Å². The van der Waals surface area contributed by atoms with Crippen LogP contribution in [-0.2, 0) is 24.7 Å². The van der Waals surface area contributed by atoms with Crippen molar-refractivity contribution in [2.45, 2.75) is 5.60 Å². The highest BCUT2D eigenvalue weighted by Crippen LogP contribution is 2.35. The number of hydrogen-bond donors (Lipinski definition) is 0. The zero-order valence-corrected chi connectivity index (χ0v) is 12.3. The Bertz CT molecular complexity index is 636. The number of esters is 1. The molecule has 0 radical (unpaired) electrons. The molecular formula is C17H16O5. The Balaban J connectivity index is 2.66. The van der Waals surface area contributed by atoms with Crippen LogP contribution in [0.1, 0.15) is 11.1 Å². The van der Waals surface area contributed by atoms with Gasteiger partial charge < -0.3 is 14.2 Å². The van der Waals surface area contributed by atoms with E-state index in [2.05, 4.69) is 0 Å². The van der Waals surface area contributed by atoms with E-state index in [4.69, 9.17) is 14.2 Å². The number of benzene rings is 2. The standard InChI is InChI=1S/C17H16O5/c1-20-15-10-8-14(9-11-15)17(22-12-18,16(19)21-2)13-6-4-3-5-7-13/h3-12H,1-2H3. The minimum atomic E-state index is -1.65. The van der Waals surface area contributed by atoms with E-state index in [9.17, 15) is 9.59 Å². The van der Waals surface area contributed by atoms with E-state index in [1.54, 1.807) is 61.7 Å². The normalized spacial score (nSPS) is 12.8. The summed E-state index contributed by atoms with van der Waals surface area (Å²) < 4.78 is 15.2. The van der Waals surface area contributed by atoms with E-state index in [0.717, 1.165) is 0 Å². The highest BCUT2D eigenvalue weighted by Gasteiger charge is 2.46. The summed E-state index contributed by atoms with van der Waals surface area (Å²) in [5, 5.41) is 0. The molecule has 5 nitrogen and oxygen atoms in total. The van der Waals surface area contributed by atoms with Crippen LogP contribution in [0.15, 0.2) is 54.6 Å². The summed E-state index contributed by atoms with van der Waals surface area (Å²) in [6.07, 6.45) is 0. The molecule has 114 valence electrons. The van der Waals surface area contributed by atoms with Gasteiger partial charge in [0.1, 0.15) is 5.75 Å². The molecule has 2 aromatic rings. The van der Waals surface area contributed by atoms with Crippen molar-refractivity contribution in [3.63, 3.8) is 0 Å². The predicted octanol–water partition coefficient (Wildman–Crippen LogP) is 2.28. The molecule has 0 bridgehead atoms. The topological polar surface area (TPSA) is 61.8 Å². The second-order valence-electron chi connectivity index (χ2n) is 4.48. The van der Waals surface area contributed by atoms with Crippen LogP contribution in [0.2, 0.25) is 0 Å². The minimum absolute atomic E-state index is 0.244. The fourth-order valence-electron chi connectivity index (χ4n) is 2.30. The zero-order valence-electron chi connectivity index (χ0n) is 12.3. The highest BCUT2D eigenvalue weighted by atomic mass is 16.6. The van der Waals surface area contributed by atoms with Gasteiger partial charge in [0.05, 0.1) is 14.2 Å². The van der Waals surface area contributed by atoms with Gasteiger partial charge in [0, 0.05) is 11.1 Å². The van der Waals surface area contributed by atoms with Crippen molar-refractivity contribution in [1.82, 2.24) is 0 Å². The van der Waals surface area contributed by atoms with Crippen molar-refractivity contribution in [2.24, 2.45) is 0 Å². The molecule has 0 saturated carbocycles. The molecule has 1 unspecified atom stereocenters. The van der Waals surface area contributed by atoms with Gasteiger partial charge in [0.15, 0.2) is 0 Å². The fraction of sp³-hybridized carbons (Fsp3) is 0.176. The predicted molar refractivity (Wildman–Crippen MR) is 79.4 cm³/mol.